The molecule has 0 aliphatic carbocycles. The van der Waals surface area contributed by atoms with Gasteiger partial charge < -0.3 is 10.6 Å². The Labute approximate surface area is 191 Å². The topological polar surface area (TPSA) is 84.7 Å². The molecule has 0 unspecified atom stereocenters. The highest BCUT2D eigenvalue weighted by Crippen LogP contribution is 2.35. The summed E-state index contributed by atoms with van der Waals surface area (Å²) in [7, 11) is 1.61. The third-order valence-electron chi connectivity index (χ3n) is 4.53. The van der Waals surface area contributed by atoms with E-state index in [1.807, 2.05) is 0 Å². The van der Waals surface area contributed by atoms with Crippen molar-refractivity contribution < 1.29 is 13.6 Å². The van der Waals surface area contributed by atoms with E-state index in [0.29, 0.717) is 16.8 Å². The zero-order valence-electron chi connectivity index (χ0n) is 16.4. The van der Waals surface area contributed by atoms with Crippen LogP contribution in [-0.2, 0) is 0 Å². The highest BCUT2D eigenvalue weighted by Gasteiger charge is 2.19. The molecule has 1 amide bonds. The van der Waals surface area contributed by atoms with Crippen LogP contribution < -0.4 is 10.6 Å². The largest absolute Gasteiger partial charge is 0.388 e. The molecule has 0 saturated heterocycles. The van der Waals surface area contributed by atoms with Gasteiger partial charge in [0.2, 0.25) is 0 Å². The molecule has 7 nitrogen and oxygen atoms in total. The third kappa shape index (κ3) is 4.25. The second-order valence-corrected chi connectivity index (χ2v) is 7.37. The lowest BCUT2D eigenvalue weighted by atomic mass is 10.0. The molecule has 162 valence electrons. The fraction of sp³-hybridized carbons (Fsp3) is 0.0476. The molecule has 32 heavy (non-hydrogen) atoms. The third-order valence-corrected chi connectivity index (χ3v) is 5.12. The van der Waals surface area contributed by atoms with E-state index in [-0.39, 0.29) is 27.1 Å². The molecule has 0 saturated carbocycles. The summed E-state index contributed by atoms with van der Waals surface area (Å²) in [5.41, 5.74) is 1.19. The maximum atomic E-state index is 14.8. The van der Waals surface area contributed by atoms with Crippen molar-refractivity contribution in [3.63, 3.8) is 0 Å². The summed E-state index contributed by atoms with van der Waals surface area (Å²) in [6.07, 6.45) is 4.28. The number of aromatic nitrogens is 4. The minimum Gasteiger partial charge on any atom is -0.388 e. The molecule has 0 aliphatic rings. The fourth-order valence-electron chi connectivity index (χ4n) is 3.06. The molecule has 11 heteroatoms. The van der Waals surface area contributed by atoms with Gasteiger partial charge in [-0.2, -0.15) is 10.2 Å². The average molecular weight is 475 g/mol. The highest BCUT2D eigenvalue weighted by molar-refractivity contribution is 6.34. The molecule has 0 radical (unpaired) electrons. The van der Waals surface area contributed by atoms with Crippen LogP contribution in [0.15, 0.2) is 55.0 Å². The summed E-state index contributed by atoms with van der Waals surface area (Å²) in [6.45, 7) is 0. The van der Waals surface area contributed by atoms with Gasteiger partial charge in [-0.15, -0.1) is 4.80 Å². The Balaban J connectivity index is 1.61. The molecule has 4 rings (SSSR count). The van der Waals surface area contributed by atoms with Gasteiger partial charge >= 0.3 is 0 Å². The number of nitrogens with zero attached hydrogens (tertiary/aromatic N) is 4. The molecule has 2 heterocycles. The van der Waals surface area contributed by atoms with Crippen molar-refractivity contribution in [2.45, 2.75) is 0 Å². The first-order valence-corrected chi connectivity index (χ1v) is 9.93. The number of carbonyl (C=O) groups is 1. The molecular weight excluding hydrogens is 461 g/mol. The quantitative estimate of drug-likeness (QED) is 0.414. The number of halogens is 4. The minimum absolute atomic E-state index is 0.121. The Morgan fingerprint density at radius 2 is 1.75 bits per heavy atom. The summed E-state index contributed by atoms with van der Waals surface area (Å²) in [6, 6.07) is 7.76. The van der Waals surface area contributed by atoms with E-state index in [4.69, 9.17) is 23.2 Å². The predicted octanol–water partition coefficient (Wildman–Crippen LogP) is 5.21. The van der Waals surface area contributed by atoms with Gasteiger partial charge in [-0.1, -0.05) is 23.2 Å². The number of anilines is 2. The molecule has 0 spiro atoms. The Morgan fingerprint density at radius 1 is 1.00 bits per heavy atom. The maximum Gasteiger partial charge on any atom is 0.258 e. The molecule has 2 N–H and O–H groups in total. The zero-order valence-corrected chi connectivity index (χ0v) is 17.9. The smallest absolute Gasteiger partial charge is 0.258 e. The van der Waals surface area contributed by atoms with E-state index < -0.39 is 17.5 Å². The van der Waals surface area contributed by atoms with Gasteiger partial charge in [0, 0.05) is 28.9 Å². The molecule has 4 aromatic rings. The van der Waals surface area contributed by atoms with Gasteiger partial charge in [0.05, 0.1) is 34.9 Å². The summed E-state index contributed by atoms with van der Waals surface area (Å²) in [4.78, 5) is 18.0. The molecule has 2 aromatic carbocycles. The SMILES string of the molecule is CNc1cc(F)ccc1-c1cc(F)c(C(=O)Nc2cnc(-n3nccn3)c(Cl)c2)cc1Cl. The summed E-state index contributed by atoms with van der Waals surface area (Å²) in [5.74, 6) is -1.73. The van der Waals surface area contributed by atoms with Crippen LogP contribution in [-0.4, -0.2) is 32.9 Å². The number of rotatable bonds is 5. The van der Waals surface area contributed by atoms with E-state index in [1.54, 1.807) is 7.05 Å². The van der Waals surface area contributed by atoms with Gasteiger partial charge in [0.15, 0.2) is 5.82 Å². The van der Waals surface area contributed by atoms with E-state index in [9.17, 15) is 13.6 Å². The van der Waals surface area contributed by atoms with Gasteiger partial charge in [-0.3, -0.25) is 4.79 Å². The lowest BCUT2D eigenvalue weighted by molar-refractivity contribution is 0.102. The van der Waals surface area contributed by atoms with Crippen LogP contribution in [0, 0.1) is 11.6 Å². The fourth-order valence-corrected chi connectivity index (χ4v) is 3.56. The number of benzene rings is 2. The van der Waals surface area contributed by atoms with Gasteiger partial charge in [0.1, 0.15) is 11.6 Å². The molecular formula is C21H14Cl2F2N6O. The van der Waals surface area contributed by atoms with Crippen LogP contribution >= 0.6 is 23.2 Å². The number of pyridine rings is 1. The van der Waals surface area contributed by atoms with Crippen molar-refractivity contribution in [2.75, 3.05) is 17.7 Å². The van der Waals surface area contributed by atoms with Gasteiger partial charge in [-0.25, -0.2) is 13.8 Å². The highest BCUT2D eigenvalue weighted by atomic mass is 35.5. The first-order chi connectivity index (χ1) is 15.4. The average Bonchev–Trinajstić information content (AvgIpc) is 3.29. The van der Waals surface area contributed by atoms with Crippen LogP contribution in [0.5, 0.6) is 0 Å². The van der Waals surface area contributed by atoms with Crippen molar-refractivity contribution in [2.24, 2.45) is 0 Å². The molecule has 0 atom stereocenters. The van der Waals surface area contributed by atoms with Crippen molar-refractivity contribution in [1.82, 2.24) is 20.0 Å². The first kappa shape index (κ1) is 21.7. The second-order valence-electron chi connectivity index (χ2n) is 6.55. The Bertz CT molecular complexity index is 1310. The normalized spacial score (nSPS) is 10.8. The number of amides is 1. The first-order valence-electron chi connectivity index (χ1n) is 9.17. The van der Waals surface area contributed by atoms with E-state index in [2.05, 4.69) is 25.8 Å². The van der Waals surface area contributed by atoms with Crippen LogP contribution in [0.2, 0.25) is 10.0 Å². The van der Waals surface area contributed by atoms with Crippen molar-refractivity contribution in [3.8, 4) is 16.9 Å². The lowest BCUT2D eigenvalue weighted by Gasteiger charge is -2.13. The number of hydrogen-bond donors (Lipinski definition) is 2. The standard InChI is InChI=1S/C21H14Cl2F2N6O/c1-26-19-6-11(24)2-3-13(19)14-9-18(25)15(8-16(14)22)21(32)30-12-7-17(23)20(27-10-12)31-28-4-5-29-31/h2-10,26H,1H3,(H,30,32). The zero-order chi connectivity index (χ0) is 22.8. The molecule has 0 bridgehead atoms. The van der Waals surface area contributed by atoms with E-state index >= 15 is 0 Å². The van der Waals surface area contributed by atoms with E-state index in [1.165, 1.54) is 53.7 Å². The predicted molar refractivity (Wildman–Crippen MR) is 118 cm³/mol. The van der Waals surface area contributed by atoms with Crippen molar-refractivity contribution in [1.29, 1.82) is 0 Å². The van der Waals surface area contributed by atoms with Crippen molar-refractivity contribution >= 4 is 40.5 Å². The number of nitrogens with one attached hydrogen (secondary N) is 2. The Morgan fingerprint density at radius 3 is 2.44 bits per heavy atom. The van der Waals surface area contributed by atoms with Crippen LogP contribution in [0.1, 0.15) is 10.4 Å². The number of carbonyl (C=O) groups excluding carboxylic acids is 1. The second kappa shape index (κ2) is 8.89. The maximum absolute atomic E-state index is 14.8. The molecule has 0 aliphatic heterocycles. The van der Waals surface area contributed by atoms with Crippen LogP contribution in [0.3, 0.4) is 0 Å². The van der Waals surface area contributed by atoms with Crippen LogP contribution in [0.25, 0.3) is 16.9 Å². The Hall–Kier alpha value is -3.56. The van der Waals surface area contributed by atoms with Crippen molar-refractivity contribution in [3.05, 3.63) is 82.2 Å². The molecule has 2 aromatic heterocycles. The number of hydrogen-bond acceptors (Lipinski definition) is 5. The molecule has 0 fully saturated rings. The van der Waals surface area contributed by atoms with Crippen LogP contribution in [0.4, 0.5) is 20.2 Å². The summed E-state index contributed by atoms with van der Waals surface area (Å²) >= 11 is 12.5. The minimum atomic E-state index is -0.801. The van der Waals surface area contributed by atoms with Gasteiger partial charge in [-0.05, 0) is 36.4 Å². The Kier molecular flexibility index (Phi) is 6.02. The summed E-state index contributed by atoms with van der Waals surface area (Å²) in [5, 5.41) is 13.6. The van der Waals surface area contributed by atoms with E-state index in [0.717, 1.165) is 6.07 Å². The van der Waals surface area contributed by atoms with Gasteiger partial charge in [0.25, 0.3) is 5.91 Å². The lowest BCUT2D eigenvalue weighted by Crippen LogP contribution is -2.15. The monoisotopic (exact) mass is 474 g/mol. The summed E-state index contributed by atoms with van der Waals surface area (Å²) < 4.78 is 28.4.